The number of pyridine rings is 1. The number of anilines is 1. The number of nitro groups is 1. The number of nitrogens with two attached hydrogens (primary N) is 1. The number of nitrogens with zero attached hydrogens (tertiary/aromatic N) is 3. The molecular formula is C20H15ClN4O2. The number of nitriles is 1. The first kappa shape index (κ1) is 18.4. The third kappa shape index (κ3) is 3.46. The van der Waals surface area contributed by atoms with Crippen LogP contribution in [0.4, 0.5) is 11.5 Å². The summed E-state index contributed by atoms with van der Waals surface area (Å²) in [4.78, 5) is 15.0. The highest BCUT2D eigenvalue weighted by Gasteiger charge is 2.18. The van der Waals surface area contributed by atoms with Gasteiger partial charge in [0.15, 0.2) is 0 Å². The van der Waals surface area contributed by atoms with E-state index in [1.165, 1.54) is 12.1 Å². The summed E-state index contributed by atoms with van der Waals surface area (Å²) in [5, 5.41) is 20.8. The second-order valence-corrected chi connectivity index (χ2v) is 6.58. The molecule has 3 rings (SSSR count). The van der Waals surface area contributed by atoms with E-state index in [4.69, 9.17) is 17.3 Å². The van der Waals surface area contributed by atoms with Crippen molar-refractivity contribution >= 4 is 23.1 Å². The average molecular weight is 379 g/mol. The van der Waals surface area contributed by atoms with Crippen LogP contribution in [0.5, 0.6) is 0 Å². The second kappa shape index (κ2) is 7.06. The Bertz CT molecular complexity index is 1120. The Morgan fingerprint density at radius 2 is 1.89 bits per heavy atom. The Labute approximate surface area is 161 Å². The largest absolute Gasteiger partial charge is 0.383 e. The van der Waals surface area contributed by atoms with Crippen molar-refractivity contribution in [3.05, 3.63) is 74.3 Å². The van der Waals surface area contributed by atoms with E-state index in [-0.39, 0.29) is 22.1 Å². The molecule has 0 saturated carbocycles. The molecule has 0 aliphatic heterocycles. The van der Waals surface area contributed by atoms with Crippen LogP contribution in [0.2, 0.25) is 5.02 Å². The molecule has 2 N–H and O–H groups in total. The maximum Gasteiger partial charge on any atom is 0.288 e. The van der Waals surface area contributed by atoms with E-state index in [0.717, 1.165) is 16.7 Å². The zero-order valence-corrected chi connectivity index (χ0v) is 15.4. The lowest BCUT2D eigenvalue weighted by atomic mass is 9.96. The fourth-order valence-corrected chi connectivity index (χ4v) is 3.07. The van der Waals surface area contributed by atoms with E-state index in [1.54, 1.807) is 12.1 Å². The lowest BCUT2D eigenvalue weighted by molar-refractivity contribution is -0.384. The molecule has 6 nitrogen and oxygen atoms in total. The van der Waals surface area contributed by atoms with Gasteiger partial charge in [-0.15, -0.1) is 0 Å². The van der Waals surface area contributed by atoms with E-state index in [0.29, 0.717) is 16.8 Å². The summed E-state index contributed by atoms with van der Waals surface area (Å²) in [6, 6.07) is 14.1. The van der Waals surface area contributed by atoms with Gasteiger partial charge in [0.2, 0.25) is 0 Å². The third-order valence-electron chi connectivity index (χ3n) is 4.28. The Morgan fingerprint density at radius 1 is 1.15 bits per heavy atom. The molecule has 0 unspecified atom stereocenters. The van der Waals surface area contributed by atoms with Gasteiger partial charge < -0.3 is 5.73 Å². The van der Waals surface area contributed by atoms with Crippen LogP contribution in [0.3, 0.4) is 0 Å². The Hall–Kier alpha value is -3.43. The van der Waals surface area contributed by atoms with Crippen molar-refractivity contribution in [1.29, 1.82) is 5.26 Å². The van der Waals surface area contributed by atoms with Gasteiger partial charge in [0, 0.05) is 17.2 Å². The quantitative estimate of drug-likeness (QED) is 0.507. The van der Waals surface area contributed by atoms with Crippen LogP contribution in [0.25, 0.3) is 22.4 Å². The van der Waals surface area contributed by atoms with Gasteiger partial charge in [0.25, 0.3) is 5.69 Å². The van der Waals surface area contributed by atoms with E-state index in [9.17, 15) is 15.4 Å². The van der Waals surface area contributed by atoms with Crippen molar-refractivity contribution in [1.82, 2.24) is 4.98 Å². The van der Waals surface area contributed by atoms with E-state index in [1.807, 2.05) is 38.1 Å². The van der Waals surface area contributed by atoms with Crippen LogP contribution < -0.4 is 5.73 Å². The minimum absolute atomic E-state index is 0.0269. The van der Waals surface area contributed by atoms with Crippen molar-refractivity contribution < 1.29 is 4.92 Å². The monoisotopic (exact) mass is 378 g/mol. The molecule has 0 spiro atoms. The van der Waals surface area contributed by atoms with Gasteiger partial charge in [-0.25, -0.2) is 4.98 Å². The molecule has 0 saturated heterocycles. The van der Waals surface area contributed by atoms with Crippen molar-refractivity contribution in [2.24, 2.45) is 0 Å². The van der Waals surface area contributed by atoms with Crippen LogP contribution >= 0.6 is 11.6 Å². The molecule has 1 heterocycles. The van der Waals surface area contributed by atoms with Crippen LogP contribution in [-0.4, -0.2) is 9.91 Å². The lowest BCUT2D eigenvalue weighted by Crippen LogP contribution is -2.01. The van der Waals surface area contributed by atoms with Crippen molar-refractivity contribution in [3.8, 4) is 28.5 Å². The normalized spacial score (nSPS) is 10.4. The molecule has 0 bridgehead atoms. The molecule has 0 fully saturated rings. The van der Waals surface area contributed by atoms with Crippen molar-refractivity contribution in [3.63, 3.8) is 0 Å². The Kier molecular flexibility index (Phi) is 4.80. The van der Waals surface area contributed by atoms with Crippen LogP contribution in [0.1, 0.15) is 16.7 Å². The zero-order chi connectivity index (χ0) is 19.7. The number of hydrogen-bond acceptors (Lipinski definition) is 5. The minimum atomic E-state index is -0.561. The molecule has 3 aromatic rings. The molecule has 0 atom stereocenters. The molecule has 2 aromatic carbocycles. The molecular weight excluding hydrogens is 364 g/mol. The predicted molar refractivity (Wildman–Crippen MR) is 105 cm³/mol. The molecule has 134 valence electrons. The van der Waals surface area contributed by atoms with Gasteiger partial charge >= 0.3 is 0 Å². The first-order valence-corrected chi connectivity index (χ1v) is 8.42. The van der Waals surface area contributed by atoms with E-state index < -0.39 is 4.92 Å². The van der Waals surface area contributed by atoms with E-state index >= 15 is 0 Å². The first-order chi connectivity index (χ1) is 12.8. The van der Waals surface area contributed by atoms with Crippen LogP contribution in [0, 0.1) is 35.3 Å². The van der Waals surface area contributed by atoms with Gasteiger partial charge in [0.1, 0.15) is 22.5 Å². The molecule has 0 amide bonds. The maximum absolute atomic E-state index is 11.2. The molecule has 1 aromatic heterocycles. The van der Waals surface area contributed by atoms with Gasteiger partial charge in [-0.3, -0.25) is 10.1 Å². The molecule has 0 aliphatic rings. The zero-order valence-electron chi connectivity index (χ0n) is 14.7. The van der Waals surface area contributed by atoms with Crippen LogP contribution in [-0.2, 0) is 0 Å². The summed E-state index contributed by atoms with van der Waals surface area (Å²) >= 11 is 5.91. The number of rotatable bonds is 3. The highest BCUT2D eigenvalue weighted by Crippen LogP contribution is 2.36. The summed E-state index contributed by atoms with van der Waals surface area (Å²) in [6.07, 6.45) is 0. The minimum Gasteiger partial charge on any atom is -0.383 e. The average Bonchev–Trinajstić information content (AvgIpc) is 2.63. The number of nitro benzene ring substituents is 1. The smallest absolute Gasteiger partial charge is 0.288 e. The fourth-order valence-electron chi connectivity index (χ4n) is 2.88. The Balaban J connectivity index is 2.29. The standard InChI is InChI=1S/C20H15ClN4O2/c1-11-3-4-12(2)14(7-11)18-9-15(16(10-22)20(23)24-18)13-5-6-17(21)19(8-13)25(26)27/h3-9H,1-2H3,(H2,23,24). The summed E-state index contributed by atoms with van der Waals surface area (Å²) in [6.45, 7) is 3.93. The summed E-state index contributed by atoms with van der Waals surface area (Å²) in [7, 11) is 0. The number of halogens is 1. The van der Waals surface area contributed by atoms with Gasteiger partial charge in [-0.1, -0.05) is 35.4 Å². The maximum atomic E-state index is 11.2. The predicted octanol–water partition coefficient (Wildman–Crippen LogP) is 5.05. The topological polar surface area (TPSA) is 106 Å². The SMILES string of the molecule is Cc1ccc(C)c(-c2cc(-c3ccc(Cl)c([N+](=O)[O-])c3)c(C#N)c(N)n2)c1. The first-order valence-electron chi connectivity index (χ1n) is 8.04. The molecule has 7 heteroatoms. The van der Waals surface area contributed by atoms with Crippen LogP contribution in [0.15, 0.2) is 42.5 Å². The third-order valence-corrected chi connectivity index (χ3v) is 4.60. The summed E-state index contributed by atoms with van der Waals surface area (Å²) in [5.41, 5.74) is 10.5. The molecule has 0 radical (unpaired) electrons. The lowest BCUT2D eigenvalue weighted by Gasteiger charge is -2.12. The molecule has 27 heavy (non-hydrogen) atoms. The van der Waals surface area contributed by atoms with Gasteiger partial charge in [0.05, 0.1) is 10.6 Å². The number of nitrogen functional groups attached to an aromatic ring is 1. The highest BCUT2D eigenvalue weighted by molar-refractivity contribution is 6.32. The van der Waals surface area contributed by atoms with Gasteiger partial charge in [-0.2, -0.15) is 5.26 Å². The highest BCUT2D eigenvalue weighted by atomic mass is 35.5. The molecule has 0 aliphatic carbocycles. The summed E-state index contributed by atoms with van der Waals surface area (Å²) < 4.78 is 0. The van der Waals surface area contributed by atoms with E-state index in [2.05, 4.69) is 4.98 Å². The van der Waals surface area contributed by atoms with Gasteiger partial charge in [-0.05, 0) is 43.2 Å². The van der Waals surface area contributed by atoms with Crippen molar-refractivity contribution in [2.75, 3.05) is 5.73 Å². The number of aryl methyl sites for hydroxylation is 2. The summed E-state index contributed by atoms with van der Waals surface area (Å²) in [5.74, 6) is 0.0727. The number of benzene rings is 2. The van der Waals surface area contributed by atoms with Crippen molar-refractivity contribution in [2.45, 2.75) is 13.8 Å². The number of hydrogen-bond donors (Lipinski definition) is 1. The second-order valence-electron chi connectivity index (χ2n) is 6.17. The number of aromatic nitrogens is 1. The fraction of sp³-hybridized carbons (Fsp3) is 0.100. The Morgan fingerprint density at radius 3 is 2.56 bits per heavy atom.